The van der Waals surface area contributed by atoms with E-state index in [2.05, 4.69) is 19.2 Å². The second kappa shape index (κ2) is 5.51. The van der Waals surface area contributed by atoms with Crippen LogP contribution in [0, 0.1) is 5.41 Å². The Kier molecular flexibility index (Phi) is 3.98. The lowest BCUT2D eigenvalue weighted by Gasteiger charge is -2.37. The summed E-state index contributed by atoms with van der Waals surface area (Å²) in [6.45, 7) is 5.05. The van der Waals surface area contributed by atoms with Crippen LogP contribution in [0.2, 0.25) is 0 Å². The van der Waals surface area contributed by atoms with E-state index in [9.17, 15) is 4.79 Å². The molecule has 2 atom stereocenters. The molecule has 0 aromatic heterocycles. The summed E-state index contributed by atoms with van der Waals surface area (Å²) in [5, 5.41) is 2.93. The van der Waals surface area contributed by atoms with Gasteiger partial charge in [0.15, 0.2) is 6.10 Å². The monoisotopic (exact) mass is 263 g/mol. The summed E-state index contributed by atoms with van der Waals surface area (Å²) >= 11 is 0. The van der Waals surface area contributed by atoms with Crippen LogP contribution in [0.4, 0.5) is 0 Å². The van der Waals surface area contributed by atoms with E-state index >= 15 is 0 Å². The van der Waals surface area contributed by atoms with Gasteiger partial charge in [-0.05, 0) is 36.1 Å². The standard InChI is InChI=1S/C15H21NO3/c1-4-15(2)9-13(14(17)16-10-15)19-12-7-5-11(18-3)6-8-12/h5-8,13H,4,9-10H2,1-3H3,(H,16,17). The number of hydrogen-bond donors (Lipinski definition) is 1. The Hall–Kier alpha value is -1.71. The number of nitrogens with one attached hydrogen (secondary N) is 1. The van der Waals surface area contributed by atoms with Crippen molar-refractivity contribution in [1.29, 1.82) is 0 Å². The molecule has 0 radical (unpaired) electrons. The highest BCUT2D eigenvalue weighted by Gasteiger charge is 2.36. The van der Waals surface area contributed by atoms with Gasteiger partial charge in [-0.3, -0.25) is 4.79 Å². The van der Waals surface area contributed by atoms with Gasteiger partial charge in [0.05, 0.1) is 7.11 Å². The Labute approximate surface area is 114 Å². The van der Waals surface area contributed by atoms with Gasteiger partial charge in [0, 0.05) is 13.0 Å². The summed E-state index contributed by atoms with van der Waals surface area (Å²) in [6, 6.07) is 7.30. The first-order valence-corrected chi connectivity index (χ1v) is 6.65. The molecule has 1 heterocycles. The minimum atomic E-state index is -0.410. The Balaban J connectivity index is 2.05. The molecule has 1 saturated heterocycles. The molecule has 104 valence electrons. The Morgan fingerprint density at radius 3 is 2.53 bits per heavy atom. The Bertz CT molecular complexity index is 443. The molecule has 2 rings (SSSR count). The first-order valence-electron chi connectivity index (χ1n) is 6.65. The molecule has 1 aliphatic rings. The van der Waals surface area contributed by atoms with E-state index in [1.54, 1.807) is 7.11 Å². The molecule has 1 N–H and O–H groups in total. The maximum atomic E-state index is 11.9. The van der Waals surface area contributed by atoms with Gasteiger partial charge in [-0.15, -0.1) is 0 Å². The molecule has 0 saturated carbocycles. The van der Waals surface area contributed by atoms with Crippen LogP contribution < -0.4 is 14.8 Å². The summed E-state index contributed by atoms with van der Waals surface area (Å²) in [6.07, 6.45) is 1.36. The average Bonchev–Trinajstić information content (AvgIpc) is 2.44. The summed E-state index contributed by atoms with van der Waals surface area (Å²) < 4.78 is 10.9. The molecule has 4 nitrogen and oxygen atoms in total. The smallest absolute Gasteiger partial charge is 0.261 e. The molecule has 1 aromatic rings. The third-order valence-corrected chi connectivity index (χ3v) is 3.85. The quantitative estimate of drug-likeness (QED) is 0.907. The summed E-state index contributed by atoms with van der Waals surface area (Å²) in [5.41, 5.74) is 0.116. The van der Waals surface area contributed by atoms with Gasteiger partial charge in [0.1, 0.15) is 11.5 Å². The van der Waals surface area contributed by atoms with Crippen LogP contribution in [-0.4, -0.2) is 25.7 Å². The largest absolute Gasteiger partial charge is 0.497 e. The normalized spacial score (nSPS) is 26.7. The van der Waals surface area contributed by atoms with Crippen LogP contribution in [0.25, 0.3) is 0 Å². The van der Waals surface area contributed by atoms with Crippen molar-refractivity contribution in [3.8, 4) is 11.5 Å². The molecule has 1 fully saturated rings. The molecule has 2 unspecified atom stereocenters. The van der Waals surface area contributed by atoms with E-state index < -0.39 is 6.10 Å². The van der Waals surface area contributed by atoms with Gasteiger partial charge >= 0.3 is 0 Å². The highest BCUT2D eigenvalue weighted by molar-refractivity contribution is 5.82. The van der Waals surface area contributed by atoms with Gasteiger partial charge in [-0.1, -0.05) is 13.8 Å². The van der Waals surface area contributed by atoms with E-state index in [-0.39, 0.29) is 11.3 Å². The van der Waals surface area contributed by atoms with Crippen molar-refractivity contribution in [1.82, 2.24) is 5.32 Å². The number of hydrogen-bond acceptors (Lipinski definition) is 3. The first kappa shape index (κ1) is 13.7. The van der Waals surface area contributed by atoms with E-state index in [0.29, 0.717) is 5.75 Å². The Morgan fingerprint density at radius 1 is 1.32 bits per heavy atom. The molecule has 0 spiro atoms. The predicted octanol–water partition coefficient (Wildman–Crippen LogP) is 2.38. The van der Waals surface area contributed by atoms with Crippen molar-refractivity contribution >= 4 is 5.91 Å². The van der Waals surface area contributed by atoms with Gasteiger partial charge in [-0.2, -0.15) is 0 Å². The predicted molar refractivity (Wildman–Crippen MR) is 73.4 cm³/mol. The second-order valence-electron chi connectivity index (χ2n) is 5.37. The van der Waals surface area contributed by atoms with Crippen molar-refractivity contribution in [3.05, 3.63) is 24.3 Å². The van der Waals surface area contributed by atoms with Crippen molar-refractivity contribution in [3.63, 3.8) is 0 Å². The topological polar surface area (TPSA) is 47.6 Å². The zero-order valence-electron chi connectivity index (χ0n) is 11.7. The van der Waals surface area contributed by atoms with Gasteiger partial charge < -0.3 is 14.8 Å². The van der Waals surface area contributed by atoms with Crippen LogP contribution in [-0.2, 0) is 4.79 Å². The fourth-order valence-corrected chi connectivity index (χ4v) is 2.21. The van der Waals surface area contributed by atoms with E-state index in [1.807, 2.05) is 24.3 Å². The lowest BCUT2D eigenvalue weighted by molar-refractivity contribution is -0.133. The van der Waals surface area contributed by atoms with E-state index in [0.717, 1.165) is 25.1 Å². The fraction of sp³-hybridized carbons (Fsp3) is 0.533. The van der Waals surface area contributed by atoms with Crippen LogP contribution in [0.3, 0.4) is 0 Å². The highest BCUT2D eigenvalue weighted by Crippen LogP contribution is 2.31. The molecule has 0 aliphatic carbocycles. The number of methoxy groups -OCH3 is 1. The molecule has 1 amide bonds. The lowest BCUT2D eigenvalue weighted by atomic mass is 9.79. The van der Waals surface area contributed by atoms with Crippen molar-refractivity contribution in [2.75, 3.05) is 13.7 Å². The Morgan fingerprint density at radius 2 is 1.95 bits per heavy atom. The van der Waals surface area contributed by atoms with Gasteiger partial charge in [0.2, 0.25) is 0 Å². The third-order valence-electron chi connectivity index (χ3n) is 3.85. The van der Waals surface area contributed by atoms with Crippen molar-refractivity contribution in [2.45, 2.75) is 32.8 Å². The molecular formula is C15H21NO3. The number of ether oxygens (including phenoxy) is 2. The average molecular weight is 263 g/mol. The zero-order chi connectivity index (χ0) is 13.9. The zero-order valence-corrected chi connectivity index (χ0v) is 11.7. The molecule has 1 aromatic carbocycles. The van der Waals surface area contributed by atoms with Crippen LogP contribution in [0.1, 0.15) is 26.7 Å². The summed E-state index contributed by atoms with van der Waals surface area (Å²) in [5.74, 6) is 1.45. The van der Waals surface area contributed by atoms with Crippen molar-refractivity contribution < 1.29 is 14.3 Å². The minimum absolute atomic E-state index is 0.0262. The van der Waals surface area contributed by atoms with Crippen LogP contribution in [0.15, 0.2) is 24.3 Å². The number of rotatable bonds is 4. The molecular weight excluding hydrogens is 242 g/mol. The third kappa shape index (κ3) is 3.19. The number of carbonyl (C=O) groups is 1. The first-order chi connectivity index (χ1) is 9.06. The molecule has 0 bridgehead atoms. The van der Waals surface area contributed by atoms with Gasteiger partial charge in [-0.25, -0.2) is 0 Å². The second-order valence-corrected chi connectivity index (χ2v) is 5.37. The van der Waals surface area contributed by atoms with Crippen molar-refractivity contribution in [2.24, 2.45) is 5.41 Å². The lowest BCUT2D eigenvalue weighted by Crippen LogP contribution is -2.51. The highest BCUT2D eigenvalue weighted by atomic mass is 16.5. The summed E-state index contributed by atoms with van der Waals surface area (Å²) in [4.78, 5) is 11.9. The van der Waals surface area contributed by atoms with Crippen LogP contribution >= 0.6 is 0 Å². The van der Waals surface area contributed by atoms with E-state index in [1.165, 1.54) is 0 Å². The minimum Gasteiger partial charge on any atom is -0.497 e. The number of piperidine rings is 1. The molecule has 1 aliphatic heterocycles. The summed E-state index contributed by atoms with van der Waals surface area (Å²) in [7, 11) is 1.62. The van der Waals surface area contributed by atoms with Gasteiger partial charge in [0.25, 0.3) is 5.91 Å². The van der Waals surface area contributed by atoms with E-state index in [4.69, 9.17) is 9.47 Å². The molecule has 19 heavy (non-hydrogen) atoms. The number of benzene rings is 1. The maximum Gasteiger partial charge on any atom is 0.261 e. The number of carbonyl (C=O) groups excluding carboxylic acids is 1. The SMILES string of the molecule is CCC1(C)CNC(=O)C(Oc2ccc(OC)cc2)C1. The van der Waals surface area contributed by atoms with Crippen LogP contribution in [0.5, 0.6) is 11.5 Å². The fourth-order valence-electron chi connectivity index (χ4n) is 2.21. The number of amides is 1. The molecule has 4 heteroatoms. The maximum absolute atomic E-state index is 11.9.